The number of benzene rings is 1. The third kappa shape index (κ3) is 3.83. The molecule has 1 aromatic heterocycles. The summed E-state index contributed by atoms with van der Waals surface area (Å²) < 4.78 is 0. The number of carbonyl (C=O) groups excluding carboxylic acids is 1. The molecule has 1 aliphatic rings. The third-order valence-electron chi connectivity index (χ3n) is 4.32. The summed E-state index contributed by atoms with van der Waals surface area (Å²) in [5.74, 6) is 0.155. The normalized spacial score (nSPS) is 17.7. The zero-order valence-corrected chi connectivity index (χ0v) is 12.8. The Kier molecular flexibility index (Phi) is 5.01. The molecule has 1 unspecified atom stereocenters. The highest BCUT2D eigenvalue weighted by molar-refractivity contribution is 5.81. The van der Waals surface area contributed by atoms with Gasteiger partial charge in [0.2, 0.25) is 5.91 Å². The summed E-state index contributed by atoms with van der Waals surface area (Å²) in [5.41, 5.74) is 2.23. The fraction of sp³-hybridized carbons (Fsp3) is 0.444. The summed E-state index contributed by atoms with van der Waals surface area (Å²) in [6.45, 7) is 1.77. The fourth-order valence-electron chi connectivity index (χ4n) is 3.10. The van der Waals surface area contributed by atoms with E-state index < -0.39 is 0 Å². The lowest BCUT2D eigenvalue weighted by Crippen LogP contribution is -2.28. The van der Waals surface area contributed by atoms with Crippen molar-refractivity contribution in [2.24, 2.45) is 0 Å². The molecule has 1 aromatic carbocycles. The molecule has 0 spiro atoms. The van der Waals surface area contributed by atoms with Gasteiger partial charge in [-0.15, -0.1) is 0 Å². The van der Waals surface area contributed by atoms with Crippen molar-refractivity contribution in [1.29, 1.82) is 0 Å². The van der Waals surface area contributed by atoms with Crippen molar-refractivity contribution < 1.29 is 4.79 Å². The monoisotopic (exact) mass is 297 g/mol. The molecule has 0 bridgehead atoms. The molecule has 4 heteroatoms. The van der Waals surface area contributed by atoms with Gasteiger partial charge in [0.1, 0.15) is 0 Å². The van der Waals surface area contributed by atoms with Crippen LogP contribution < -0.4 is 10.6 Å². The van der Waals surface area contributed by atoms with E-state index in [1.54, 1.807) is 0 Å². The highest BCUT2D eigenvalue weighted by Crippen LogP contribution is 2.16. The first-order valence-corrected chi connectivity index (χ1v) is 8.15. The van der Waals surface area contributed by atoms with E-state index in [4.69, 9.17) is 0 Å². The molecule has 1 fully saturated rings. The number of hydrogen-bond donors (Lipinski definition) is 2. The summed E-state index contributed by atoms with van der Waals surface area (Å²) in [6, 6.07) is 10.8. The van der Waals surface area contributed by atoms with Gasteiger partial charge in [-0.3, -0.25) is 9.78 Å². The first-order valence-electron chi connectivity index (χ1n) is 8.15. The van der Waals surface area contributed by atoms with Crippen LogP contribution in [0.1, 0.15) is 31.2 Å². The Hall–Kier alpha value is -1.94. The largest absolute Gasteiger partial charge is 0.356 e. The van der Waals surface area contributed by atoms with Crippen molar-refractivity contribution in [2.75, 3.05) is 13.1 Å². The number of fused-ring (bicyclic) bond motifs is 1. The molecule has 0 saturated carbocycles. The molecule has 2 N–H and O–H groups in total. The van der Waals surface area contributed by atoms with E-state index in [1.807, 2.05) is 18.3 Å². The van der Waals surface area contributed by atoms with Crippen LogP contribution in [0.15, 0.2) is 36.5 Å². The average Bonchev–Trinajstić information content (AvgIpc) is 3.07. The number of hydrogen-bond acceptors (Lipinski definition) is 3. The van der Waals surface area contributed by atoms with Gasteiger partial charge in [-0.25, -0.2) is 0 Å². The molecule has 2 heterocycles. The predicted octanol–water partition coefficient (Wildman–Crippen LogP) is 2.43. The Morgan fingerprint density at radius 3 is 3.09 bits per heavy atom. The van der Waals surface area contributed by atoms with Crippen molar-refractivity contribution in [2.45, 2.75) is 38.1 Å². The Bertz CT molecular complexity index is 630. The zero-order chi connectivity index (χ0) is 15.2. The van der Waals surface area contributed by atoms with E-state index in [-0.39, 0.29) is 5.91 Å². The second-order valence-electron chi connectivity index (χ2n) is 5.92. The van der Waals surface area contributed by atoms with Crippen molar-refractivity contribution in [3.8, 4) is 0 Å². The number of carbonyl (C=O) groups is 1. The molecule has 1 amide bonds. The standard InChI is InChI=1S/C18H23N3O/c22-17(9-8-16-7-3-11-19-16)20-13-10-15-5-1-4-14-6-2-12-21-18(14)15/h1-2,4-6,12,16,19H,3,7-11,13H2,(H,20,22). The van der Waals surface area contributed by atoms with Gasteiger partial charge in [-0.2, -0.15) is 0 Å². The van der Waals surface area contributed by atoms with Crippen molar-refractivity contribution in [3.05, 3.63) is 42.1 Å². The molecule has 2 aromatic rings. The summed E-state index contributed by atoms with van der Waals surface area (Å²) in [4.78, 5) is 16.3. The van der Waals surface area contributed by atoms with Crippen molar-refractivity contribution in [1.82, 2.24) is 15.6 Å². The van der Waals surface area contributed by atoms with Crippen LogP contribution in [0.25, 0.3) is 10.9 Å². The third-order valence-corrected chi connectivity index (χ3v) is 4.32. The van der Waals surface area contributed by atoms with Crippen LogP contribution in [-0.2, 0) is 11.2 Å². The maximum atomic E-state index is 11.9. The van der Waals surface area contributed by atoms with Crippen LogP contribution in [0.3, 0.4) is 0 Å². The topological polar surface area (TPSA) is 54.0 Å². The van der Waals surface area contributed by atoms with E-state index in [1.165, 1.54) is 18.4 Å². The average molecular weight is 297 g/mol. The highest BCUT2D eigenvalue weighted by atomic mass is 16.1. The van der Waals surface area contributed by atoms with Gasteiger partial charge >= 0.3 is 0 Å². The van der Waals surface area contributed by atoms with E-state index in [0.29, 0.717) is 19.0 Å². The van der Waals surface area contributed by atoms with E-state index >= 15 is 0 Å². The predicted molar refractivity (Wildman–Crippen MR) is 88.7 cm³/mol. The summed E-state index contributed by atoms with van der Waals surface area (Å²) in [7, 11) is 0. The first kappa shape index (κ1) is 15.0. The Balaban J connectivity index is 1.46. The molecule has 0 radical (unpaired) electrons. The van der Waals surface area contributed by atoms with Crippen LogP contribution in [0.2, 0.25) is 0 Å². The van der Waals surface area contributed by atoms with Crippen molar-refractivity contribution in [3.63, 3.8) is 0 Å². The molecule has 0 aliphatic carbocycles. The lowest BCUT2D eigenvalue weighted by molar-refractivity contribution is -0.121. The minimum Gasteiger partial charge on any atom is -0.356 e. The van der Waals surface area contributed by atoms with E-state index in [2.05, 4.69) is 33.8 Å². The Labute approximate surface area is 131 Å². The first-order chi connectivity index (χ1) is 10.8. The molecular formula is C18H23N3O. The zero-order valence-electron chi connectivity index (χ0n) is 12.8. The maximum absolute atomic E-state index is 11.9. The van der Waals surface area contributed by atoms with Gasteiger partial charge < -0.3 is 10.6 Å². The van der Waals surface area contributed by atoms with E-state index in [0.717, 1.165) is 30.3 Å². The van der Waals surface area contributed by atoms with E-state index in [9.17, 15) is 4.79 Å². The van der Waals surface area contributed by atoms with Gasteiger partial charge in [-0.05, 0) is 43.9 Å². The second-order valence-corrected chi connectivity index (χ2v) is 5.92. The SMILES string of the molecule is O=C(CCC1CCCN1)NCCc1cccc2cccnc12. The maximum Gasteiger partial charge on any atom is 0.220 e. The number of nitrogens with one attached hydrogen (secondary N) is 2. The van der Waals surface area contributed by atoms with Crippen LogP contribution in [-0.4, -0.2) is 30.0 Å². The summed E-state index contributed by atoms with van der Waals surface area (Å²) in [6.07, 6.45) is 6.64. The number of aromatic nitrogens is 1. The van der Waals surface area contributed by atoms with Gasteiger partial charge in [-0.1, -0.05) is 24.3 Å². The number of pyridine rings is 1. The molecule has 1 aliphatic heterocycles. The Morgan fingerprint density at radius 2 is 2.23 bits per heavy atom. The minimum atomic E-state index is 0.155. The molecule has 1 atom stereocenters. The summed E-state index contributed by atoms with van der Waals surface area (Å²) >= 11 is 0. The number of amides is 1. The van der Waals surface area contributed by atoms with Crippen LogP contribution in [0.4, 0.5) is 0 Å². The second kappa shape index (κ2) is 7.36. The smallest absolute Gasteiger partial charge is 0.220 e. The van der Waals surface area contributed by atoms with Crippen molar-refractivity contribution >= 4 is 16.8 Å². The van der Waals surface area contributed by atoms with Gasteiger partial charge in [0.25, 0.3) is 0 Å². The number of para-hydroxylation sites is 1. The van der Waals surface area contributed by atoms with Gasteiger partial charge in [0.05, 0.1) is 5.52 Å². The Morgan fingerprint density at radius 1 is 1.32 bits per heavy atom. The lowest BCUT2D eigenvalue weighted by Gasteiger charge is -2.10. The minimum absolute atomic E-state index is 0.155. The van der Waals surface area contributed by atoms with Crippen LogP contribution >= 0.6 is 0 Å². The molecule has 4 nitrogen and oxygen atoms in total. The van der Waals surface area contributed by atoms with Gasteiger partial charge in [0, 0.05) is 30.6 Å². The highest BCUT2D eigenvalue weighted by Gasteiger charge is 2.15. The fourth-order valence-corrected chi connectivity index (χ4v) is 3.10. The molecular weight excluding hydrogens is 274 g/mol. The quantitative estimate of drug-likeness (QED) is 0.861. The lowest BCUT2D eigenvalue weighted by atomic mass is 10.1. The van der Waals surface area contributed by atoms with Crippen LogP contribution in [0.5, 0.6) is 0 Å². The molecule has 116 valence electrons. The molecule has 22 heavy (non-hydrogen) atoms. The molecule has 3 rings (SSSR count). The molecule has 1 saturated heterocycles. The number of nitrogens with zero attached hydrogens (tertiary/aromatic N) is 1. The van der Waals surface area contributed by atoms with Crippen LogP contribution in [0, 0.1) is 0 Å². The van der Waals surface area contributed by atoms with Gasteiger partial charge in [0.15, 0.2) is 0 Å². The number of rotatable bonds is 6. The summed E-state index contributed by atoms with van der Waals surface area (Å²) in [5, 5.41) is 7.60.